The van der Waals surface area contributed by atoms with Gasteiger partial charge in [0, 0.05) is 65.8 Å². The van der Waals surface area contributed by atoms with Crippen LogP contribution < -0.4 is 10.6 Å². The number of halogens is 1. The molecule has 1 rings (SSSR count). The molecule has 0 aromatic heterocycles. The van der Waals surface area contributed by atoms with Crippen LogP contribution in [-0.4, -0.2) is 100 Å². The summed E-state index contributed by atoms with van der Waals surface area (Å²) in [5.41, 5.74) is 0. The smallest absolute Gasteiger partial charge is 0.243 e. The largest absolute Gasteiger partial charge is 0.385 e. The predicted molar refractivity (Wildman–Crippen MR) is 122 cm³/mol. The molecular formula is C17H36IN5O2S. The minimum atomic E-state index is 0. The molecule has 2 N–H and O–H groups in total. The number of guanidine groups is 1. The topological polar surface area (TPSA) is 69.2 Å². The highest BCUT2D eigenvalue weighted by molar-refractivity contribution is 14.0. The molecule has 0 atom stereocenters. The number of carbonyl (C=O) groups excluding carboxylic acids is 1. The Hall–Kier alpha value is -0.260. The first-order valence-electron chi connectivity index (χ1n) is 9.02. The number of rotatable bonds is 10. The molecular weight excluding hydrogens is 465 g/mol. The number of ether oxygens (including phenoxy) is 1. The highest BCUT2D eigenvalue weighted by Gasteiger charge is 2.19. The van der Waals surface area contributed by atoms with Crippen molar-refractivity contribution in [1.82, 2.24) is 20.4 Å². The zero-order chi connectivity index (χ0) is 18.5. The lowest BCUT2D eigenvalue weighted by Gasteiger charge is -2.33. The van der Waals surface area contributed by atoms with Crippen LogP contribution in [0, 0.1) is 0 Å². The first-order chi connectivity index (χ1) is 12.1. The molecule has 0 aromatic carbocycles. The zero-order valence-electron chi connectivity index (χ0n) is 16.6. The molecule has 26 heavy (non-hydrogen) atoms. The molecule has 1 amide bonds. The molecule has 1 heterocycles. The van der Waals surface area contributed by atoms with E-state index in [1.165, 1.54) is 0 Å². The Morgan fingerprint density at radius 2 is 2.04 bits per heavy atom. The van der Waals surface area contributed by atoms with Gasteiger partial charge in [0.1, 0.15) is 6.54 Å². The lowest BCUT2D eigenvalue weighted by atomic mass is 10.1. The average Bonchev–Trinajstić information content (AvgIpc) is 2.61. The fourth-order valence-electron chi connectivity index (χ4n) is 2.64. The second-order valence-corrected chi connectivity index (χ2v) is 7.46. The molecule has 1 saturated heterocycles. The van der Waals surface area contributed by atoms with Crippen LogP contribution in [0.3, 0.4) is 0 Å². The van der Waals surface area contributed by atoms with Crippen LogP contribution in [0.4, 0.5) is 0 Å². The van der Waals surface area contributed by atoms with Crippen LogP contribution in [0.15, 0.2) is 4.99 Å². The fourth-order valence-corrected chi connectivity index (χ4v) is 2.95. The summed E-state index contributed by atoms with van der Waals surface area (Å²) in [6.07, 6.45) is 5.36. The van der Waals surface area contributed by atoms with Crippen molar-refractivity contribution >= 4 is 47.6 Å². The predicted octanol–water partition coefficient (Wildman–Crippen LogP) is 1.09. The number of carbonyl (C=O) groups is 1. The molecule has 0 radical (unpaired) electrons. The van der Waals surface area contributed by atoms with Crippen molar-refractivity contribution in [2.24, 2.45) is 4.99 Å². The molecule has 1 fully saturated rings. The van der Waals surface area contributed by atoms with Gasteiger partial charge in [-0.05, 0) is 25.5 Å². The molecule has 0 unspecified atom stereocenters. The number of nitrogens with one attached hydrogen (secondary N) is 2. The van der Waals surface area contributed by atoms with E-state index in [-0.39, 0.29) is 36.4 Å². The third kappa shape index (κ3) is 11.5. The SMILES string of the molecule is COCCCN1CCC(NC(=NCC(=O)N(C)C)NCCSC)CC1.I. The Kier molecular flexibility index (Phi) is 15.6. The number of hydrogen-bond acceptors (Lipinski definition) is 5. The highest BCUT2D eigenvalue weighted by Crippen LogP contribution is 2.10. The summed E-state index contributed by atoms with van der Waals surface area (Å²) in [4.78, 5) is 20.3. The molecule has 0 bridgehead atoms. The van der Waals surface area contributed by atoms with E-state index in [1.54, 1.807) is 37.9 Å². The van der Waals surface area contributed by atoms with E-state index < -0.39 is 0 Å². The molecule has 9 heteroatoms. The zero-order valence-corrected chi connectivity index (χ0v) is 19.8. The molecule has 0 saturated carbocycles. The third-order valence-corrected chi connectivity index (χ3v) is 4.83. The number of nitrogens with zero attached hydrogens (tertiary/aromatic N) is 3. The summed E-state index contributed by atoms with van der Waals surface area (Å²) >= 11 is 1.79. The lowest BCUT2D eigenvalue weighted by molar-refractivity contribution is -0.127. The van der Waals surface area contributed by atoms with Gasteiger partial charge < -0.3 is 25.2 Å². The van der Waals surface area contributed by atoms with Crippen LogP contribution >= 0.6 is 35.7 Å². The first kappa shape index (κ1) is 25.7. The number of methoxy groups -OCH3 is 1. The van der Waals surface area contributed by atoms with Crippen LogP contribution in [0.25, 0.3) is 0 Å². The number of piperidine rings is 1. The van der Waals surface area contributed by atoms with Gasteiger partial charge in [-0.15, -0.1) is 24.0 Å². The quantitative estimate of drug-likeness (QED) is 0.202. The van der Waals surface area contributed by atoms with Gasteiger partial charge in [-0.25, -0.2) is 4.99 Å². The molecule has 1 aliphatic rings. The fraction of sp³-hybridized carbons (Fsp3) is 0.882. The Morgan fingerprint density at radius 1 is 1.35 bits per heavy atom. The van der Waals surface area contributed by atoms with Gasteiger partial charge in [-0.3, -0.25) is 4.79 Å². The summed E-state index contributed by atoms with van der Waals surface area (Å²) < 4.78 is 5.12. The van der Waals surface area contributed by atoms with Gasteiger partial charge >= 0.3 is 0 Å². The van der Waals surface area contributed by atoms with Gasteiger partial charge in [-0.1, -0.05) is 0 Å². The number of amides is 1. The van der Waals surface area contributed by atoms with Crippen LogP contribution in [0.1, 0.15) is 19.3 Å². The number of aliphatic imine (C=N–C) groups is 1. The van der Waals surface area contributed by atoms with E-state index in [2.05, 4.69) is 26.8 Å². The summed E-state index contributed by atoms with van der Waals surface area (Å²) in [6.45, 7) is 5.14. The van der Waals surface area contributed by atoms with Gasteiger partial charge in [0.25, 0.3) is 0 Å². The highest BCUT2D eigenvalue weighted by atomic mass is 127. The Morgan fingerprint density at radius 3 is 2.62 bits per heavy atom. The average molecular weight is 501 g/mol. The van der Waals surface area contributed by atoms with Crippen LogP contribution in [0.5, 0.6) is 0 Å². The van der Waals surface area contributed by atoms with Crippen molar-refractivity contribution < 1.29 is 9.53 Å². The maximum absolute atomic E-state index is 11.8. The number of thioether (sulfide) groups is 1. The van der Waals surface area contributed by atoms with E-state index >= 15 is 0 Å². The molecule has 1 aliphatic heterocycles. The Bertz CT molecular complexity index is 405. The second-order valence-electron chi connectivity index (χ2n) is 6.48. The minimum Gasteiger partial charge on any atom is -0.385 e. The Balaban J connectivity index is 0.00000625. The maximum Gasteiger partial charge on any atom is 0.243 e. The van der Waals surface area contributed by atoms with Crippen molar-refractivity contribution in [2.45, 2.75) is 25.3 Å². The monoisotopic (exact) mass is 501 g/mol. The third-order valence-electron chi connectivity index (χ3n) is 4.22. The summed E-state index contributed by atoms with van der Waals surface area (Å²) in [7, 11) is 5.26. The number of likely N-dealkylation sites (tertiary alicyclic amines) is 1. The standard InChI is InChI=1S/C17H35N5O2S.HI/c1-21(2)16(23)14-19-17(18-8-13-25-4)20-15-6-10-22(11-7-15)9-5-12-24-3;/h15H,5-14H2,1-4H3,(H2,18,19,20);1H. The maximum atomic E-state index is 11.8. The van der Waals surface area contributed by atoms with E-state index in [9.17, 15) is 4.79 Å². The van der Waals surface area contributed by atoms with Gasteiger partial charge in [-0.2, -0.15) is 11.8 Å². The molecule has 0 aliphatic carbocycles. The van der Waals surface area contributed by atoms with E-state index in [1.807, 2.05) is 0 Å². The number of likely N-dealkylation sites (N-methyl/N-ethyl adjacent to an activating group) is 1. The minimum absolute atomic E-state index is 0. The normalized spacial score (nSPS) is 16.1. The van der Waals surface area contributed by atoms with Crippen LogP contribution in [-0.2, 0) is 9.53 Å². The van der Waals surface area contributed by atoms with Gasteiger partial charge in [0.15, 0.2) is 5.96 Å². The van der Waals surface area contributed by atoms with Crippen molar-refractivity contribution in [2.75, 3.05) is 72.5 Å². The van der Waals surface area contributed by atoms with Crippen molar-refractivity contribution in [3.8, 4) is 0 Å². The summed E-state index contributed by atoms with van der Waals surface area (Å²) in [5, 5.41) is 6.84. The molecule has 0 aromatic rings. The van der Waals surface area contributed by atoms with E-state index in [0.29, 0.717) is 6.04 Å². The van der Waals surface area contributed by atoms with Crippen molar-refractivity contribution in [1.29, 1.82) is 0 Å². The van der Waals surface area contributed by atoms with Crippen LogP contribution in [0.2, 0.25) is 0 Å². The lowest BCUT2D eigenvalue weighted by Crippen LogP contribution is -2.49. The molecule has 0 spiro atoms. The van der Waals surface area contributed by atoms with E-state index in [4.69, 9.17) is 4.74 Å². The van der Waals surface area contributed by atoms with E-state index in [0.717, 1.165) is 63.8 Å². The summed E-state index contributed by atoms with van der Waals surface area (Å²) in [5.74, 6) is 1.78. The molecule has 7 nitrogen and oxygen atoms in total. The van der Waals surface area contributed by atoms with Crippen molar-refractivity contribution in [3.63, 3.8) is 0 Å². The first-order valence-corrected chi connectivity index (χ1v) is 10.4. The van der Waals surface area contributed by atoms with Crippen molar-refractivity contribution in [3.05, 3.63) is 0 Å². The number of hydrogen-bond donors (Lipinski definition) is 2. The van der Waals surface area contributed by atoms with Gasteiger partial charge in [0.2, 0.25) is 5.91 Å². The molecule has 154 valence electrons. The van der Waals surface area contributed by atoms with Gasteiger partial charge in [0.05, 0.1) is 0 Å². The Labute approximate surface area is 180 Å². The second kappa shape index (κ2) is 15.8. The summed E-state index contributed by atoms with van der Waals surface area (Å²) in [6, 6.07) is 0.411.